The average molecular weight is 214 g/mol. The van der Waals surface area contributed by atoms with Crippen LogP contribution in [-0.2, 0) is 9.53 Å². The van der Waals surface area contributed by atoms with Crippen LogP contribution in [0.5, 0.6) is 0 Å². The molecule has 1 atom stereocenters. The molecule has 4 nitrogen and oxygen atoms in total. The highest BCUT2D eigenvalue weighted by Gasteiger charge is 2.38. The Morgan fingerprint density at radius 3 is 2.60 bits per heavy atom. The minimum Gasteiger partial charge on any atom is -0.383 e. The van der Waals surface area contributed by atoms with Crippen molar-refractivity contribution in [2.24, 2.45) is 5.73 Å². The lowest BCUT2D eigenvalue weighted by Crippen LogP contribution is -2.54. The number of carbonyl (C=O) groups excluding carboxylic acids is 1. The second-order valence-corrected chi connectivity index (χ2v) is 4.49. The normalized spacial score (nSPS) is 19.7. The minimum absolute atomic E-state index is 0.0598. The highest BCUT2D eigenvalue weighted by Crippen LogP contribution is 2.28. The Bertz CT molecular complexity index is 225. The van der Waals surface area contributed by atoms with Crippen LogP contribution in [0.15, 0.2) is 0 Å². The van der Waals surface area contributed by atoms with Crippen LogP contribution in [0, 0.1) is 0 Å². The summed E-state index contributed by atoms with van der Waals surface area (Å²) < 4.78 is 5.01. The third-order valence-electron chi connectivity index (χ3n) is 3.01. The SMILES string of the molecule is CCC(C)(N)C(=O)N(CCOC)C1CC1. The second kappa shape index (κ2) is 4.94. The van der Waals surface area contributed by atoms with Gasteiger partial charge in [0.1, 0.15) is 0 Å². The summed E-state index contributed by atoms with van der Waals surface area (Å²) in [6.07, 6.45) is 2.88. The van der Waals surface area contributed by atoms with Crippen LogP contribution < -0.4 is 5.73 Å². The molecule has 0 saturated heterocycles. The van der Waals surface area contributed by atoms with E-state index in [4.69, 9.17) is 10.5 Å². The third kappa shape index (κ3) is 3.18. The van der Waals surface area contributed by atoms with E-state index in [1.54, 1.807) is 14.0 Å². The summed E-state index contributed by atoms with van der Waals surface area (Å²) in [4.78, 5) is 14.0. The summed E-state index contributed by atoms with van der Waals surface area (Å²) in [5.74, 6) is 0.0598. The van der Waals surface area contributed by atoms with E-state index in [-0.39, 0.29) is 5.91 Å². The molecule has 1 amide bonds. The maximum Gasteiger partial charge on any atom is 0.242 e. The van der Waals surface area contributed by atoms with Crippen molar-refractivity contribution in [2.75, 3.05) is 20.3 Å². The summed E-state index contributed by atoms with van der Waals surface area (Å²) in [6.45, 7) is 4.99. The lowest BCUT2D eigenvalue weighted by molar-refractivity contribution is -0.137. The Labute approximate surface area is 91.8 Å². The first kappa shape index (κ1) is 12.5. The molecule has 0 bridgehead atoms. The van der Waals surface area contributed by atoms with Gasteiger partial charge in [0.2, 0.25) is 5.91 Å². The largest absolute Gasteiger partial charge is 0.383 e. The average Bonchev–Trinajstić information content (AvgIpc) is 3.02. The summed E-state index contributed by atoms with van der Waals surface area (Å²) in [5.41, 5.74) is 5.24. The van der Waals surface area contributed by atoms with Gasteiger partial charge in [-0.1, -0.05) is 6.92 Å². The highest BCUT2D eigenvalue weighted by atomic mass is 16.5. The van der Waals surface area contributed by atoms with Gasteiger partial charge in [-0.15, -0.1) is 0 Å². The Balaban J connectivity index is 2.58. The number of hydrogen-bond acceptors (Lipinski definition) is 3. The molecule has 4 heteroatoms. The molecule has 1 saturated carbocycles. The van der Waals surface area contributed by atoms with Gasteiger partial charge < -0.3 is 15.4 Å². The minimum atomic E-state index is -0.726. The Kier molecular flexibility index (Phi) is 4.11. The quantitative estimate of drug-likeness (QED) is 0.710. The molecule has 0 aromatic rings. The summed E-state index contributed by atoms with van der Waals surface area (Å²) >= 11 is 0. The molecule has 88 valence electrons. The summed E-state index contributed by atoms with van der Waals surface area (Å²) in [5, 5.41) is 0. The lowest BCUT2D eigenvalue weighted by atomic mass is 9.98. The molecular formula is C11H22N2O2. The highest BCUT2D eigenvalue weighted by molar-refractivity contribution is 5.86. The fourth-order valence-corrected chi connectivity index (χ4v) is 1.51. The Hall–Kier alpha value is -0.610. The maximum atomic E-state index is 12.1. The zero-order valence-corrected chi connectivity index (χ0v) is 9.95. The van der Waals surface area contributed by atoms with Gasteiger partial charge in [0.15, 0.2) is 0 Å². The van der Waals surface area contributed by atoms with E-state index in [0.717, 1.165) is 12.8 Å². The van der Waals surface area contributed by atoms with Gasteiger partial charge in [-0.3, -0.25) is 4.79 Å². The van der Waals surface area contributed by atoms with Crippen LogP contribution >= 0.6 is 0 Å². The molecule has 2 N–H and O–H groups in total. The Morgan fingerprint density at radius 1 is 1.60 bits per heavy atom. The summed E-state index contributed by atoms with van der Waals surface area (Å²) in [6, 6.07) is 0.405. The number of rotatable bonds is 6. The monoisotopic (exact) mass is 214 g/mol. The van der Waals surface area contributed by atoms with Crippen molar-refractivity contribution < 1.29 is 9.53 Å². The zero-order valence-electron chi connectivity index (χ0n) is 9.95. The molecule has 0 heterocycles. The first-order chi connectivity index (χ1) is 7.03. The maximum absolute atomic E-state index is 12.1. The molecule has 15 heavy (non-hydrogen) atoms. The molecule has 0 aliphatic heterocycles. The van der Waals surface area contributed by atoms with Gasteiger partial charge in [-0.25, -0.2) is 0 Å². The number of ether oxygens (including phenoxy) is 1. The van der Waals surface area contributed by atoms with Crippen molar-refractivity contribution in [3.63, 3.8) is 0 Å². The molecule has 0 aromatic heterocycles. The molecule has 0 spiro atoms. The van der Waals surface area contributed by atoms with Crippen LogP contribution in [0.3, 0.4) is 0 Å². The number of nitrogens with two attached hydrogens (primary N) is 1. The van der Waals surface area contributed by atoms with Crippen molar-refractivity contribution in [3.05, 3.63) is 0 Å². The molecule has 1 rings (SSSR count). The third-order valence-corrected chi connectivity index (χ3v) is 3.01. The molecule has 0 aromatic carbocycles. The van der Waals surface area contributed by atoms with Gasteiger partial charge >= 0.3 is 0 Å². The molecule has 1 unspecified atom stereocenters. The number of methoxy groups -OCH3 is 1. The van der Waals surface area contributed by atoms with E-state index in [1.165, 1.54) is 0 Å². The predicted octanol–water partition coefficient (Wildman–Crippen LogP) is 0.751. The molecule has 1 aliphatic rings. The van der Waals surface area contributed by atoms with Crippen LogP contribution in [0.2, 0.25) is 0 Å². The van der Waals surface area contributed by atoms with E-state index < -0.39 is 5.54 Å². The van der Waals surface area contributed by atoms with Gasteiger partial charge in [-0.2, -0.15) is 0 Å². The first-order valence-electron chi connectivity index (χ1n) is 5.61. The first-order valence-corrected chi connectivity index (χ1v) is 5.61. The number of amides is 1. The summed E-state index contributed by atoms with van der Waals surface area (Å²) in [7, 11) is 1.65. The van der Waals surface area contributed by atoms with Crippen LogP contribution in [0.4, 0.5) is 0 Å². The zero-order chi connectivity index (χ0) is 11.5. The van der Waals surface area contributed by atoms with E-state index in [2.05, 4.69) is 0 Å². The number of hydrogen-bond donors (Lipinski definition) is 1. The molecule has 1 fully saturated rings. The van der Waals surface area contributed by atoms with Gasteiger partial charge in [-0.05, 0) is 26.2 Å². The molecular weight excluding hydrogens is 192 g/mol. The van der Waals surface area contributed by atoms with Crippen molar-refractivity contribution in [3.8, 4) is 0 Å². The number of nitrogens with zero attached hydrogens (tertiary/aromatic N) is 1. The van der Waals surface area contributed by atoms with Crippen molar-refractivity contribution >= 4 is 5.91 Å². The molecule has 0 radical (unpaired) electrons. The number of carbonyl (C=O) groups is 1. The van der Waals surface area contributed by atoms with E-state index in [0.29, 0.717) is 25.6 Å². The lowest BCUT2D eigenvalue weighted by Gasteiger charge is -2.31. The van der Waals surface area contributed by atoms with Crippen molar-refractivity contribution in [2.45, 2.75) is 44.7 Å². The topological polar surface area (TPSA) is 55.6 Å². The standard InChI is InChI=1S/C11H22N2O2/c1-4-11(2,12)10(14)13(7-8-15-3)9-5-6-9/h9H,4-8,12H2,1-3H3. The van der Waals surface area contributed by atoms with Gasteiger partial charge in [0, 0.05) is 19.7 Å². The molecule has 1 aliphatic carbocycles. The van der Waals surface area contributed by atoms with Crippen molar-refractivity contribution in [1.82, 2.24) is 4.90 Å². The Morgan fingerprint density at radius 2 is 2.20 bits per heavy atom. The van der Waals surface area contributed by atoms with Gasteiger partial charge in [0.05, 0.1) is 12.1 Å². The van der Waals surface area contributed by atoms with E-state index in [1.807, 2.05) is 11.8 Å². The van der Waals surface area contributed by atoms with E-state index >= 15 is 0 Å². The van der Waals surface area contributed by atoms with Crippen LogP contribution in [0.25, 0.3) is 0 Å². The van der Waals surface area contributed by atoms with Crippen LogP contribution in [-0.4, -0.2) is 42.6 Å². The fraction of sp³-hybridized carbons (Fsp3) is 0.909. The van der Waals surface area contributed by atoms with Crippen molar-refractivity contribution in [1.29, 1.82) is 0 Å². The van der Waals surface area contributed by atoms with Gasteiger partial charge in [0.25, 0.3) is 0 Å². The second-order valence-electron chi connectivity index (χ2n) is 4.49. The predicted molar refractivity (Wildman–Crippen MR) is 59.5 cm³/mol. The van der Waals surface area contributed by atoms with Crippen LogP contribution in [0.1, 0.15) is 33.1 Å². The van der Waals surface area contributed by atoms with E-state index in [9.17, 15) is 4.79 Å². The fourth-order valence-electron chi connectivity index (χ4n) is 1.51. The smallest absolute Gasteiger partial charge is 0.242 e.